The molecule has 0 heterocycles. The first-order valence-corrected chi connectivity index (χ1v) is 10.3. The zero-order chi connectivity index (χ0) is 20.1. The summed E-state index contributed by atoms with van der Waals surface area (Å²) in [4.78, 5) is 0. The Labute approximate surface area is 171 Å². The molecule has 0 radical (unpaired) electrons. The fraction of sp³-hybridized carbons (Fsp3) is 0.286. The standard InChI is InChI=1S/C28H32/c1-6-24-12-8-9-13-26(20-24)25-15-17-28(5,18-16-25)23(4)19-22(3)27-14-10-7-11-21(27)2/h6-7,9-11,13-17,19-20H,4,8,12,18H2,1-3,5H3/b22-19-,24-6+. The molecule has 0 nitrogen and oxygen atoms in total. The molecule has 0 saturated carbocycles. The van der Waals surface area contributed by atoms with E-state index in [0.29, 0.717) is 0 Å². The van der Waals surface area contributed by atoms with Crippen molar-refractivity contribution in [3.05, 3.63) is 113 Å². The highest BCUT2D eigenvalue weighted by Gasteiger charge is 2.25. The number of benzene rings is 1. The highest BCUT2D eigenvalue weighted by molar-refractivity contribution is 5.69. The van der Waals surface area contributed by atoms with Crippen molar-refractivity contribution in [3.8, 4) is 0 Å². The molecule has 0 fully saturated rings. The second-order valence-electron chi connectivity index (χ2n) is 8.19. The summed E-state index contributed by atoms with van der Waals surface area (Å²) in [6.07, 6.45) is 21.6. The Morgan fingerprint density at radius 1 is 1.14 bits per heavy atom. The van der Waals surface area contributed by atoms with Gasteiger partial charge in [-0.1, -0.05) is 91.9 Å². The SMILES string of the molecule is C=C(/C=C(/C)c1ccccc1C)C1(C)C=CC(C2=C/C(=C/C)CCC=C2)=CC1. The molecule has 1 aromatic carbocycles. The zero-order valence-corrected chi connectivity index (χ0v) is 17.8. The van der Waals surface area contributed by atoms with Crippen molar-refractivity contribution >= 4 is 5.57 Å². The van der Waals surface area contributed by atoms with Gasteiger partial charge in [-0.15, -0.1) is 0 Å². The highest BCUT2D eigenvalue weighted by Crippen LogP contribution is 2.39. The van der Waals surface area contributed by atoms with Crippen LogP contribution in [0, 0.1) is 12.3 Å². The van der Waals surface area contributed by atoms with Crippen molar-refractivity contribution < 1.29 is 0 Å². The number of allylic oxidation sites excluding steroid dienone is 13. The number of aryl methyl sites for hydroxylation is 1. The molecule has 2 aliphatic rings. The maximum Gasteiger partial charge on any atom is 0.0136 e. The van der Waals surface area contributed by atoms with E-state index in [4.69, 9.17) is 0 Å². The lowest BCUT2D eigenvalue weighted by Crippen LogP contribution is -2.17. The van der Waals surface area contributed by atoms with E-state index in [2.05, 4.69) is 107 Å². The van der Waals surface area contributed by atoms with Crippen molar-refractivity contribution in [2.45, 2.75) is 47.0 Å². The lowest BCUT2D eigenvalue weighted by Gasteiger charge is -2.30. The van der Waals surface area contributed by atoms with Gasteiger partial charge >= 0.3 is 0 Å². The molecule has 0 heteroatoms. The maximum absolute atomic E-state index is 4.43. The minimum absolute atomic E-state index is 0.0358. The van der Waals surface area contributed by atoms with Gasteiger partial charge in [0.2, 0.25) is 0 Å². The first kappa shape index (κ1) is 20.1. The molecule has 1 unspecified atom stereocenters. The molecule has 2 aliphatic carbocycles. The van der Waals surface area contributed by atoms with Gasteiger partial charge in [-0.2, -0.15) is 0 Å². The van der Waals surface area contributed by atoms with E-state index in [9.17, 15) is 0 Å². The quantitative estimate of drug-likeness (QED) is 0.471. The maximum atomic E-state index is 4.43. The molecule has 1 atom stereocenters. The van der Waals surface area contributed by atoms with Gasteiger partial charge in [-0.05, 0) is 73.5 Å². The second kappa shape index (κ2) is 8.61. The van der Waals surface area contributed by atoms with Gasteiger partial charge in [0.15, 0.2) is 0 Å². The van der Waals surface area contributed by atoms with Gasteiger partial charge in [-0.3, -0.25) is 0 Å². The van der Waals surface area contributed by atoms with E-state index in [-0.39, 0.29) is 5.41 Å². The molecule has 144 valence electrons. The molecule has 0 N–H and O–H groups in total. The number of rotatable bonds is 4. The van der Waals surface area contributed by atoms with Crippen LogP contribution in [0.4, 0.5) is 0 Å². The van der Waals surface area contributed by atoms with Crippen LogP contribution in [-0.4, -0.2) is 0 Å². The van der Waals surface area contributed by atoms with E-state index < -0.39 is 0 Å². The van der Waals surface area contributed by atoms with Gasteiger partial charge in [0, 0.05) is 5.41 Å². The van der Waals surface area contributed by atoms with Crippen LogP contribution in [0.2, 0.25) is 0 Å². The van der Waals surface area contributed by atoms with Crippen LogP contribution in [0.15, 0.2) is 102 Å². The Morgan fingerprint density at radius 2 is 1.93 bits per heavy atom. The summed E-state index contributed by atoms with van der Waals surface area (Å²) in [5.41, 5.74) is 9.08. The Morgan fingerprint density at radius 3 is 2.61 bits per heavy atom. The summed E-state index contributed by atoms with van der Waals surface area (Å²) < 4.78 is 0. The second-order valence-corrected chi connectivity index (χ2v) is 8.19. The van der Waals surface area contributed by atoms with Crippen molar-refractivity contribution in [2.24, 2.45) is 5.41 Å². The Hall–Kier alpha value is -2.60. The molecule has 0 spiro atoms. The fourth-order valence-electron chi connectivity index (χ4n) is 3.89. The monoisotopic (exact) mass is 368 g/mol. The predicted octanol–water partition coefficient (Wildman–Crippen LogP) is 8.07. The molecule has 0 amide bonds. The van der Waals surface area contributed by atoms with E-state index in [1.807, 2.05) is 0 Å². The van der Waals surface area contributed by atoms with Crippen molar-refractivity contribution in [1.29, 1.82) is 0 Å². The van der Waals surface area contributed by atoms with Crippen molar-refractivity contribution in [1.82, 2.24) is 0 Å². The molecule has 28 heavy (non-hydrogen) atoms. The van der Waals surface area contributed by atoms with Crippen LogP contribution in [-0.2, 0) is 0 Å². The van der Waals surface area contributed by atoms with Crippen LogP contribution in [0.1, 0.15) is 51.2 Å². The predicted molar refractivity (Wildman–Crippen MR) is 124 cm³/mol. The fourth-order valence-corrected chi connectivity index (χ4v) is 3.89. The molecular weight excluding hydrogens is 336 g/mol. The zero-order valence-electron chi connectivity index (χ0n) is 17.8. The summed E-state index contributed by atoms with van der Waals surface area (Å²) in [6, 6.07) is 8.55. The molecule has 0 saturated heterocycles. The molecular formula is C28H32. The summed E-state index contributed by atoms with van der Waals surface area (Å²) in [5, 5.41) is 0. The molecule has 3 rings (SSSR count). The van der Waals surface area contributed by atoms with Crippen LogP contribution in [0.5, 0.6) is 0 Å². The van der Waals surface area contributed by atoms with Crippen LogP contribution < -0.4 is 0 Å². The lowest BCUT2D eigenvalue weighted by molar-refractivity contribution is 0.530. The van der Waals surface area contributed by atoms with Gasteiger partial charge < -0.3 is 0 Å². The van der Waals surface area contributed by atoms with E-state index in [0.717, 1.165) is 19.3 Å². The minimum atomic E-state index is -0.0358. The average molecular weight is 369 g/mol. The normalized spacial score (nSPS) is 24.0. The number of hydrogen-bond acceptors (Lipinski definition) is 0. The summed E-state index contributed by atoms with van der Waals surface area (Å²) >= 11 is 0. The largest absolute Gasteiger partial charge is 0.0949 e. The molecule has 0 bridgehead atoms. The topological polar surface area (TPSA) is 0 Å². The van der Waals surface area contributed by atoms with Gasteiger partial charge in [0.1, 0.15) is 0 Å². The highest BCUT2D eigenvalue weighted by atomic mass is 14.3. The summed E-state index contributed by atoms with van der Waals surface area (Å²) in [5.74, 6) is 0. The Balaban J connectivity index is 1.80. The molecule has 0 aromatic heterocycles. The van der Waals surface area contributed by atoms with E-state index in [1.54, 1.807) is 0 Å². The molecule has 1 aromatic rings. The minimum Gasteiger partial charge on any atom is -0.0949 e. The average Bonchev–Trinajstić information content (AvgIpc) is 2.94. The lowest BCUT2D eigenvalue weighted by atomic mass is 9.74. The molecule has 0 aliphatic heterocycles. The van der Waals surface area contributed by atoms with Crippen molar-refractivity contribution in [2.75, 3.05) is 0 Å². The van der Waals surface area contributed by atoms with Crippen LogP contribution in [0.3, 0.4) is 0 Å². The van der Waals surface area contributed by atoms with E-state index in [1.165, 1.54) is 39.0 Å². The first-order valence-electron chi connectivity index (χ1n) is 10.3. The van der Waals surface area contributed by atoms with Crippen LogP contribution in [0.25, 0.3) is 5.57 Å². The van der Waals surface area contributed by atoms with Gasteiger partial charge in [-0.25, -0.2) is 0 Å². The Kier molecular flexibility index (Phi) is 6.19. The van der Waals surface area contributed by atoms with Crippen molar-refractivity contribution in [3.63, 3.8) is 0 Å². The third kappa shape index (κ3) is 4.44. The third-order valence-corrected chi connectivity index (χ3v) is 6.01. The van der Waals surface area contributed by atoms with Crippen LogP contribution >= 0.6 is 0 Å². The smallest absolute Gasteiger partial charge is 0.0136 e. The van der Waals surface area contributed by atoms with E-state index >= 15 is 0 Å². The Bertz CT molecular complexity index is 940. The third-order valence-electron chi connectivity index (χ3n) is 6.01. The number of hydrogen-bond donors (Lipinski definition) is 0. The first-order chi connectivity index (χ1) is 13.4. The van der Waals surface area contributed by atoms with Gasteiger partial charge in [0.25, 0.3) is 0 Å². The summed E-state index contributed by atoms with van der Waals surface area (Å²) in [7, 11) is 0. The summed E-state index contributed by atoms with van der Waals surface area (Å²) in [6.45, 7) is 13.2. The van der Waals surface area contributed by atoms with Gasteiger partial charge in [0.05, 0.1) is 0 Å².